The number of allylic oxidation sites excluding steroid dienone is 4. The van der Waals surface area contributed by atoms with Crippen LogP contribution in [-0.4, -0.2) is 6.54 Å². The van der Waals surface area contributed by atoms with Crippen LogP contribution in [0.4, 0.5) is 0 Å². The Bertz CT molecular complexity index is 132. The average molecular weight is 139 g/mol. The van der Waals surface area contributed by atoms with Crippen molar-refractivity contribution >= 4 is 0 Å². The van der Waals surface area contributed by atoms with E-state index in [0.29, 0.717) is 6.54 Å². The summed E-state index contributed by atoms with van der Waals surface area (Å²) in [5, 5.41) is 0. The molecule has 0 atom stereocenters. The third-order valence-electron chi connectivity index (χ3n) is 0.953. The molecule has 0 aromatic heterocycles. The van der Waals surface area contributed by atoms with E-state index in [1.807, 2.05) is 25.2 Å². The number of nitrogens with two attached hydrogens (primary N) is 1. The van der Waals surface area contributed by atoms with Crippen molar-refractivity contribution in [2.24, 2.45) is 5.73 Å². The van der Waals surface area contributed by atoms with E-state index in [0.717, 1.165) is 5.57 Å². The molecule has 0 aliphatic carbocycles. The van der Waals surface area contributed by atoms with Crippen LogP contribution in [0.1, 0.15) is 14.4 Å². The lowest BCUT2D eigenvalue weighted by Gasteiger charge is -1.82. The zero-order chi connectivity index (χ0) is 7.11. The molecule has 0 aliphatic heterocycles. The third kappa shape index (κ3) is 7.18. The van der Waals surface area contributed by atoms with E-state index in [4.69, 9.17) is 5.73 Å². The Morgan fingerprint density at radius 2 is 2.20 bits per heavy atom. The monoisotopic (exact) mass is 139 g/mol. The van der Waals surface area contributed by atoms with Gasteiger partial charge in [-0.1, -0.05) is 43.9 Å². The van der Waals surface area contributed by atoms with Crippen LogP contribution in [-0.2, 0) is 0 Å². The average Bonchev–Trinajstić information content (AvgIpc) is 1.89. The number of hydrogen-bond acceptors (Lipinski definition) is 1. The van der Waals surface area contributed by atoms with Crippen LogP contribution in [0.2, 0.25) is 0 Å². The van der Waals surface area contributed by atoms with E-state index in [-0.39, 0.29) is 7.43 Å². The van der Waals surface area contributed by atoms with Crippen LogP contribution in [0.25, 0.3) is 0 Å². The molecule has 10 heavy (non-hydrogen) atoms. The number of rotatable bonds is 3. The molecule has 0 aromatic carbocycles. The third-order valence-corrected chi connectivity index (χ3v) is 0.953. The minimum absolute atomic E-state index is 0. The van der Waals surface area contributed by atoms with Crippen LogP contribution >= 0.6 is 0 Å². The fourth-order valence-electron chi connectivity index (χ4n) is 0.366. The van der Waals surface area contributed by atoms with E-state index in [9.17, 15) is 0 Å². The van der Waals surface area contributed by atoms with E-state index in [1.54, 1.807) is 6.08 Å². The maximum absolute atomic E-state index is 5.21. The Morgan fingerprint density at radius 1 is 1.60 bits per heavy atom. The normalized spacial score (nSPS) is 11.2. The second-order valence-electron chi connectivity index (χ2n) is 1.78. The Labute approximate surface area is 63.9 Å². The summed E-state index contributed by atoms with van der Waals surface area (Å²) in [5.41, 5.74) is 6.37. The second-order valence-corrected chi connectivity index (χ2v) is 1.78. The topological polar surface area (TPSA) is 26.0 Å². The lowest BCUT2D eigenvalue weighted by Crippen LogP contribution is -1.91. The molecule has 0 fully saturated rings. The second kappa shape index (κ2) is 8.18. The Balaban J connectivity index is 0. The zero-order valence-electron chi connectivity index (χ0n) is 5.80. The van der Waals surface area contributed by atoms with Gasteiger partial charge >= 0.3 is 0 Å². The van der Waals surface area contributed by atoms with Crippen molar-refractivity contribution in [1.82, 2.24) is 0 Å². The molecule has 2 N–H and O–H groups in total. The maximum Gasteiger partial charge on any atom is 0.0109 e. The van der Waals surface area contributed by atoms with Crippen molar-refractivity contribution < 1.29 is 0 Å². The molecule has 0 aliphatic rings. The SMILES string of the molecule is C.C=C/C(C)=C\C=C\CN. The largest absolute Gasteiger partial charge is 0.327 e. The van der Waals surface area contributed by atoms with Gasteiger partial charge in [-0.05, 0) is 6.92 Å². The van der Waals surface area contributed by atoms with Crippen molar-refractivity contribution in [3.8, 4) is 0 Å². The van der Waals surface area contributed by atoms with Crippen LogP contribution in [0.15, 0.2) is 36.5 Å². The first-order valence-corrected chi connectivity index (χ1v) is 2.97. The van der Waals surface area contributed by atoms with E-state index in [1.165, 1.54) is 0 Å². The van der Waals surface area contributed by atoms with Gasteiger partial charge in [-0.2, -0.15) is 0 Å². The molecule has 0 saturated carbocycles. The van der Waals surface area contributed by atoms with Gasteiger partial charge in [0.25, 0.3) is 0 Å². The van der Waals surface area contributed by atoms with Crippen molar-refractivity contribution in [1.29, 1.82) is 0 Å². The molecule has 0 spiro atoms. The van der Waals surface area contributed by atoms with Crippen LogP contribution in [0.5, 0.6) is 0 Å². The lowest BCUT2D eigenvalue weighted by atomic mass is 10.3. The highest BCUT2D eigenvalue weighted by Gasteiger charge is 1.71. The van der Waals surface area contributed by atoms with Crippen molar-refractivity contribution in [2.75, 3.05) is 6.54 Å². The molecule has 0 amide bonds. The van der Waals surface area contributed by atoms with Crippen LogP contribution in [0.3, 0.4) is 0 Å². The molecule has 0 heterocycles. The summed E-state index contributed by atoms with van der Waals surface area (Å²) in [6.45, 7) is 6.20. The summed E-state index contributed by atoms with van der Waals surface area (Å²) >= 11 is 0. The maximum atomic E-state index is 5.21. The molecule has 0 radical (unpaired) electrons. The Morgan fingerprint density at radius 3 is 2.60 bits per heavy atom. The van der Waals surface area contributed by atoms with Gasteiger partial charge in [0.05, 0.1) is 0 Å². The zero-order valence-corrected chi connectivity index (χ0v) is 5.80. The summed E-state index contributed by atoms with van der Waals surface area (Å²) in [6.07, 6.45) is 7.60. The molecule has 0 rings (SSSR count). The van der Waals surface area contributed by atoms with Crippen LogP contribution < -0.4 is 5.73 Å². The summed E-state index contributed by atoms with van der Waals surface area (Å²) in [4.78, 5) is 0. The van der Waals surface area contributed by atoms with Gasteiger partial charge in [0.15, 0.2) is 0 Å². The van der Waals surface area contributed by atoms with Gasteiger partial charge in [-0.15, -0.1) is 0 Å². The highest BCUT2D eigenvalue weighted by molar-refractivity contribution is 5.19. The molecule has 0 saturated heterocycles. The molecular formula is C9H17N. The van der Waals surface area contributed by atoms with Gasteiger partial charge in [-0.3, -0.25) is 0 Å². The minimum Gasteiger partial charge on any atom is -0.327 e. The molecule has 1 heteroatoms. The van der Waals surface area contributed by atoms with Gasteiger partial charge in [0.2, 0.25) is 0 Å². The highest BCUT2D eigenvalue weighted by atomic mass is 14.5. The van der Waals surface area contributed by atoms with E-state index < -0.39 is 0 Å². The standard InChI is InChI=1S/C8H13N.CH4/c1-3-8(2)6-4-5-7-9;/h3-6H,1,7,9H2,2H3;1H4/b5-4+,8-6-;. The van der Waals surface area contributed by atoms with Gasteiger partial charge in [0.1, 0.15) is 0 Å². The molecule has 0 unspecified atom stereocenters. The molecule has 0 aromatic rings. The highest BCUT2D eigenvalue weighted by Crippen LogP contribution is 1.91. The minimum atomic E-state index is 0. The van der Waals surface area contributed by atoms with Gasteiger partial charge < -0.3 is 5.73 Å². The van der Waals surface area contributed by atoms with Crippen LogP contribution in [0, 0.1) is 0 Å². The quantitative estimate of drug-likeness (QED) is 0.596. The van der Waals surface area contributed by atoms with Gasteiger partial charge in [-0.25, -0.2) is 0 Å². The number of hydrogen-bond donors (Lipinski definition) is 1. The molecule has 1 nitrogen and oxygen atoms in total. The predicted octanol–water partition coefficient (Wildman–Crippen LogP) is 2.27. The van der Waals surface area contributed by atoms with Crippen molar-refractivity contribution in [3.05, 3.63) is 36.5 Å². The summed E-state index contributed by atoms with van der Waals surface area (Å²) in [5.74, 6) is 0. The van der Waals surface area contributed by atoms with E-state index in [2.05, 4.69) is 6.58 Å². The lowest BCUT2D eigenvalue weighted by molar-refractivity contribution is 1.25. The molecule has 0 bridgehead atoms. The first kappa shape index (κ1) is 11.9. The summed E-state index contributed by atoms with van der Waals surface area (Å²) in [7, 11) is 0. The fourth-order valence-corrected chi connectivity index (χ4v) is 0.366. The van der Waals surface area contributed by atoms with Crippen molar-refractivity contribution in [2.45, 2.75) is 14.4 Å². The first-order chi connectivity index (χ1) is 4.31. The molecule has 58 valence electrons. The smallest absolute Gasteiger partial charge is 0.0109 e. The summed E-state index contributed by atoms with van der Waals surface area (Å²) in [6, 6.07) is 0. The molecular weight excluding hydrogens is 122 g/mol. The Hall–Kier alpha value is -0.820. The summed E-state index contributed by atoms with van der Waals surface area (Å²) < 4.78 is 0. The van der Waals surface area contributed by atoms with Crippen molar-refractivity contribution in [3.63, 3.8) is 0 Å². The van der Waals surface area contributed by atoms with Gasteiger partial charge in [0, 0.05) is 6.54 Å². The van der Waals surface area contributed by atoms with E-state index >= 15 is 0 Å². The fraction of sp³-hybridized carbons (Fsp3) is 0.333. The predicted molar refractivity (Wildman–Crippen MR) is 48.9 cm³/mol. The first-order valence-electron chi connectivity index (χ1n) is 2.97. The Kier molecular flexibility index (Phi) is 9.75.